The average Bonchev–Trinajstić information content (AvgIpc) is 3.23. The van der Waals surface area contributed by atoms with Gasteiger partial charge in [-0.05, 0) is 51.5 Å². The molecule has 1 N–H and O–H groups in total. The van der Waals surface area contributed by atoms with E-state index >= 15 is 0 Å². The number of hydrogen-bond donors (Lipinski definition) is 1. The van der Waals surface area contributed by atoms with Crippen LogP contribution in [0.1, 0.15) is 42.9 Å². The molecule has 0 aliphatic heterocycles. The first-order chi connectivity index (χ1) is 12.0. The summed E-state index contributed by atoms with van der Waals surface area (Å²) < 4.78 is 3.71. The van der Waals surface area contributed by atoms with Crippen LogP contribution in [0.15, 0.2) is 49.1 Å². The highest BCUT2D eigenvalue weighted by Crippen LogP contribution is 2.18. The first-order valence-corrected chi connectivity index (χ1v) is 8.37. The monoisotopic (exact) mass is 337 g/mol. The zero-order chi connectivity index (χ0) is 18.0. The molecule has 2 heterocycles. The second kappa shape index (κ2) is 6.93. The van der Waals surface area contributed by atoms with E-state index in [-0.39, 0.29) is 18.0 Å². The van der Waals surface area contributed by atoms with Crippen LogP contribution in [-0.4, -0.2) is 25.2 Å². The summed E-state index contributed by atoms with van der Waals surface area (Å²) in [5.41, 5.74) is 4.16. The molecule has 1 amide bonds. The number of carbonyl (C=O) groups is 1. The fraction of sp³-hybridized carbons (Fsp3) is 0.316. The van der Waals surface area contributed by atoms with Gasteiger partial charge in [-0.2, -0.15) is 5.10 Å². The second-order valence-electron chi connectivity index (χ2n) is 6.35. The summed E-state index contributed by atoms with van der Waals surface area (Å²) in [6.07, 6.45) is 5.11. The Morgan fingerprint density at radius 1 is 1.16 bits per heavy atom. The minimum atomic E-state index is -0.293. The number of aryl methyl sites for hydroxylation is 2. The summed E-state index contributed by atoms with van der Waals surface area (Å²) in [5, 5.41) is 7.54. The Morgan fingerprint density at radius 2 is 1.88 bits per heavy atom. The lowest BCUT2D eigenvalue weighted by atomic mass is 10.1. The molecule has 3 aromatic rings. The van der Waals surface area contributed by atoms with Crippen molar-refractivity contribution in [3.05, 3.63) is 66.0 Å². The van der Waals surface area contributed by atoms with Crippen molar-refractivity contribution in [2.45, 2.75) is 39.8 Å². The zero-order valence-corrected chi connectivity index (χ0v) is 15.0. The van der Waals surface area contributed by atoms with Crippen molar-refractivity contribution < 1.29 is 4.79 Å². The number of aromatic nitrogens is 4. The van der Waals surface area contributed by atoms with Crippen molar-refractivity contribution in [1.82, 2.24) is 24.6 Å². The number of rotatable bonds is 5. The van der Waals surface area contributed by atoms with E-state index in [4.69, 9.17) is 0 Å². The van der Waals surface area contributed by atoms with Gasteiger partial charge < -0.3 is 9.88 Å². The number of benzene rings is 1. The molecule has 0 radical (unpaired) electrons. The molecule has 2 atom stereocenters. The minimum Gasteiger partial charge on any atom is -0.348 e. The van der Waals surface area contributed by atoms with Gasteiger partial charge in [0.1, 0.15) is 6.04 Å². The quantitative estimate of drug-likeness (QED) is 0.778. The highest BCUT2D eigenvalue weighted by atomic mass is 16.2. The van der Waals surface area contributed by atoms with Crippen LogP contribution >= 0.6 is 0 Å². The molecule has 0 unspecified atom stereocenters. The Balaban J connectivity index is 1.69. The molecular formula is C19H23N5O. The lowest BCUT2D eigenvalue weighted by Gasteiger charge is -2.19. The molecule has 130 valence electrons. The Kier molecular flexibility index (Phi) is 4.70. The first-order valence-electron chi connectivity index (χ1n) is 8.37. The number of hydrogen-bond acceptors (Lipinski definition) is 3. The van der Waals surface area contributed by atoms with Crippen LogP contribution in [-0.2, 0) is 4.79 Å². The SMILES string of the molecule is Cc1cc(C)n(-c2ccc([C@H](C)NC(=O)[C@@H](C)n3ccnc3)cc2)n1. The van der Waals surface area contributed by atoms with E-state index < -0.39 is 0 Å². The van der Waals surface area contributed by atoms with Gasteiger partial charge in [-0.1, -0.05) is 12.1 Å². The molecule has 0 aliphatic rings. The third-order valence-corrected chi connectivity index (χ3v) is 4.36. The molecular weight excluding hydrogens is 314 g/mol. The maximum Gasteiger partial charge on any atom is 0.243 e. The predicted octanol–water partition coefficient (Wildman–Crippen LogP) is 3.12. The topological polar surface area (TPSA) is 64.7 Å². The Bertz CT molecular complexity index is 849. The summed E-state index contributed by atoms with van der Waals surface area (Å²) in [6.45, 7) is 7.86. The molecule has 1 aromatic carbocycles. The third-order valence-electron chi connectivity index (χ3n) is 4.36. The maximum atomic E-state index is 12.4. The lowest BCUT2D eigenvalue weighted by molar-refractivity contribution is -0.124. The van der Waals surface area contributed by atoms with Crippen molar-refractivity contribution >= 4 is 5.91 Å². The highest BCUT2D eigenvalue weighted by molar-refractivity contribution is 5.80. The molecule has 25 heavy (non-hydrogen) atoms. The van der Waals surface area contributed by atoms with Crippen LogP contribution < -0.4 is 5.32 Å². The van der Waals surface area contributed by atoms with E-state index in [0.717, 1.165) is 22.6 Å². The third kappa shape index (κ3) is 3.63. The smallest absolute Gasteiger partial charge is 0.243 e. The van der Waals surface area contributed by atoms with E-state index in [0.29, 0.717) is 0 Å². The van der Waals surface area contributed by atoms with E-state index in [1.165, 1.54) is 0 Å². The number of imidazole rings is 1. The predicted molar refractivity (Wildman–Crippen MR) is 96.5 cm³/mol. The Labute approximate surface area is 147 Å². The summed E-state index contributed by atoms with van der Waals surface area (Å²) in [7, 11) is 0. The van der Waals surface area contributed by atoms with Crippen LogP contribution in [0.2, 0.25) is 0 Å². The van der Waals surface area contributed by atoms with Crippen LogP contribution in [0.5, 0.6) is 0 Å². The maximum absolute atomic E-state index is 12.4. The first kappa shape index (κ1) is 17.0. The lowest BCUT2D eigenvalue weighted by Crippen LogP contribution is -2.32. The van der Waals surface area contributed by atoms with Gasteiger partial charge in [0.25, 0.3) is 0 Å². The van der Waals surface area contributed by atoms with Crippen molar-refractivity contribution in [2.24, 2.45) is 0 Å². The zero-order valence-electron chi connectivity index (χ0n) is 15.0. The normalized spacial score (nSPS) is 13.4. The summed E-state index contributed by atoms with van der Waals surface area (Å²) in [6, 6.07) is 9.78. The van der Waals surface area contributed by atoms with Crippen LogP contribution in [0.4, 0.5) is 0 Å². The van der Waals surface area contributed by atoms with Crippen molar-refractivity contribution in [3.63, 3.8) is 0 Å². The average molecular weight is 337 g/mol. The number of carbonyl (C=O) groups excluding carboxylic acids is 1. The molecule has 0 aliphatic carbocycles. The van der Waals surface area contributed by atoms with E-state index in [2.05, 4.69) is 15.4 Å². The molecule has 0 saturated heterocycles. The van der Waals surface area contributed by atoms with Gasteiger partial charge in [-0.3, -0.25) is 4.79 Å². The molecule has 0 spiro atoms. The van der Waals surface area contributed by atoms with Gasteiger partial charge in [-0.25, -0.2) is 9.67 Å². The van der Waals surface area contributed by atoms with Gasteiger partial charge in [0.15, 0.2) is 0 Å². The van der Waals surface area contributed by atoms with Crippen molar-refractivity contribution in [3.8, 4) is 5.69 Å². The molecule has 2 aromatic heterocycles. The second-order valence-corrected chi connectivity index (χ2v) is 6.35. The fourth-order valence-corrected chi connectivity index (χ4v) is 2.85. The molecule has 0 fully saturated rings. The number of nitrogens with one attached hydrogen (secondary N) is 1. The molecule has 0 saturated carbocycles. The van der Waals surface area contributed by atoms with Crippen molar-refractivity contribution in [1.29, 1.82) is 0 Å². The fourth-order valence-electron chi connectivity index (χ4n) is 2.85. The van der Waals surface area contributed by atoms with Gasteiger partial charge in [-0.15, -0.1) is 0 Å². The standard InChI is InChI=1S/C19H23N5O/c1-13-11-14(2)24(22-13)18-7-5-17(6-8-18)15(3)21-19(25)16(4)23-10-9-20-12-23/h5-12,15-16H,1-4H3,(H,21,25)/t15-,16+/m0/s1. The van der Waals surface area contributed by atoms with Gasteiger partial charge in [0.05, 0.1) is 23.8 Å². The van der Waals surface area contributed by atoms with Gasteiger partial charge in [0, 0.05) is 18.1 Å². The van der Waals surface area contributed by atoms with E-state index in [9.17, 15) is 4.79 Å². The summed E-state index contributed by atoms with van der Waals surface area (Å²) in [5.74, 6) is -0.0341. The van der Waals surface area contributed by atoms with Crippen LogP contribution in [0, 0.1) is 13.8 Å². The van der Waals surface area contributed by atoms with E-state index in [1.54, 1.807) is 23.3 Å². The summed E-state index contributed by atoms with van der Waals surface area (Å²) >= 11 is 0. The molecule has 6 heteroatoms. The van der Waals surface area contributed by atoms with Crippen LogP contribution in [0.3, 0.4) is 0 Å². The van der Waals surface area contributed by atoms with Crippen molar-refractivity contribution in [2.75, 3.05) is 0 Å². The number of amides is 1. The van der Waals surface area contributed by atoms with Crippen LogP contribution in [0.25, 0.3) is 5.69 Å². The molecule has 0 bridgehead atoms. The molecule has 6 nitrogen and oxygen atoms in total. The Morgan fingerprint density at radius 3 is 2.44 bits per heavy atom. The minimum absolute atomic E-state index is 0.0341. The molecule has 3 rings (SSSR count). The van der Waals surface area contributed by atoms with Gasteiger partial charge >= 0.3 is 0 Å². The summed E-state index contributed by atoms with van der Waals surface area (Å²) in [4.78, 5) is 16.4. The van der Waals surface area contributed by atoms with E-state index in [1.807, 2.05) is 62.7 Å². The van der Waals surface area contributed by atoms with Gasteiger partial charge in [0.2, 0.25) is 5.91 Å². The Hall–Kier alpha value is -2.89. The largest absolute Gasteiger partial charge is 0.348 e. The highest BCUT2D eigenvalue weighted by Gasteiger charge is 2.17. The number of nitrogens with zero attached hydrogens (tertiary/aromatic N) is 4.